The highest BCUT2D eigenvalue weighted by molar-refractivity contribution is 9.10. The van der Waals surface area contributed by atoms with Crippen molar-refractivity contribution in [3.63, 3.8) is 0 Å². The molecule has 1 heterocycles. The maximum absolute atomic E-state index is 12.5. The van der Waals surface area contributed by atoms with Crippen molar-refractivity contribution in [1.29, 1.82) is 0 Å². The highest BCUT2D eigenvalue weighted by Crippen LogP contribution is 2.29. The van der Waals surface area contributed by atoms with E-state index in [2.05, 4.69) is 20.9 Å². The molecule has 0 aliphatic rings. The maximum atomic E-state index is 12.5. The zero-order valence-corrected chi connectivity index (χ0v) is 10.2. The summed E-state index contributed by atoms with van der Waals surface area (Å²) in [6.45, 7) is 1.64. The summed E-state index contributed by atoms with van der Waals surface area (Å²) in [5, 5.41) is 0.249. The predicted octanol–water partition coefficient (Wildman–Crippen LogP) is 3.62. The van der Waals surface area contributed by atoms with Crippen molar-refractivity contribution in [2.24, 2.45) is 0 Å². The van der Waals surface area contributed by atoms with E-state index in [9.17, 15) is 18.0 Å². The van der Waals surface area contributed by atoms with Crippen molar-refractivity contribution in [3.8, 4) is 0 Å². The Balaban J connectivity index is 2.89. The van der Waals surface area contributed by atoms with E-state index in [4.69, 9.17) is 0 Å². The molecule has 1 aromatic carbocycles. The van der Waals surface area contributed by atoms with E-state index < -0.39 is 17.3 Å². The average Bonchev–Trinajstić information content (AvgIpc) is 2.22. The number of nitrogens with one attached hydrogen (secondary N) is 1. The number of fused-ring (bicyclic) bond motifs is 1. The Labute approximate surface area is 103 Å². The third-order valence-electron chi connectivity index (χ3n) is 2.50. The second kappa shape index (κ2) is 3.87. The van der Waals surface area contributed by atoms with Gasteiger partial charge in [0.2, 0.25) is 0 Å². The van der Waals surface area contributed by atoms with Crippen LogP contribution in [0.25, 0.3) is 10.9 Å². The topological polar surface area (TPSA) is 32.9 Å². The monoisotopic (exact) mass is 305 g/mol. The number of alkyl halides is 3. The molecule has 1 aromatic heterocycles. The molecule has 0 radical (unpaired) electrons. The minimum atomic E-state index is -4.55. The van der Waals surface area contributed by atoms with Crippen LogP contribution in [0.5, 0.6) is 0 Å². The SMILES string of the molecule is Cc1c(Br)ccc2c(=O)cc(C(F)(F)F)[nH]c12. The normalized spacial score (nSPS) is 12.1. The van der Waals surface area contributed by atoms with Crippen molar-refractivity contribution in [3.05, 3.63) is 44.2 Å². The summed E-state index contributed by atoms with van der Waals surface area (Å²) in [5.41, 5.74) is -0.886. The third-order valence-corrected chi connectivity index (χ3v) is 3.36. The molecule has 0 aliphatic carbocycles. The Hall–Kier alpha value is -1.30. The van der Waals surface area contributed by atoms with Crippen LogP contribution in [-0.4, -0.2) is 4.98 Å². The maximum Gasteiger partial charge on any atom is 0.431 e. The molecule has 90 valence electrons. The second-order valence-corrected chi connectivity index (χ2v) is 4.49. The summed E-state index contributed by atoms with van der Waals surface area (Å²) in [6, 6.07) is 3.71. The van der Waals surface area contributed by atoms with Gasteiger partial charge in [-0.05, 0) is 24.6 Å². The number of halogens is 4. The molecule has 0 saturated heterocycles. The smallest absolute Gasteiger partial charge is 0.351 e. The van der Waals surface area contributed by atoms with Crippen LogP contribution < -0.4 is 5.43 Å². The lowest BCUT2D eigenvalue weighted by Crippen LogP contribution is -2.14. The molecule has 0 saturated carbocycles. The molecule has 0 fully saturated rings. The Morgan fingerprint density at radius 3 is 2.53 bits per heavy atom. The van der Waals surface area contributed by atoms with Crippen LogP contribution in [0.1, 0.15) is 11.3 Å². The van der Waals surface area contributed by atoms with Gasteiger partial charge in [-0.15, -0.1) is 0 Å². The van der Waals surface area contributed by atoms with Crippen LogP contribution in [0.2, 0.25) is 0 Å². The van der Waals surface area contributed by atoms with Gasteiger partial charge in [-0.2, -0.15) is 13.2 Å². The summed E-state index contributed by atoms with van der Waals surface area (Å²) < 4.78 is 38.3. The summed E-state index contributed by atoms with van der Waals surface area (Å²) in [6.07, 6.45) is -4.55. The summed E-state index contributed by atoms with van der Waals surface area (Å²) in [4.78, 5) is 13.8. The number of benzene rings is 1. The number of hydrogen-bond donors (Lipinski definition) is 1. The predicted molar refractivity (Wildman–Crippen MR) is 62.0 cm³/mol. The zero-order chi connectivity index (χ0) is 12.8. The van der Waals surface area contributed by atoms with Crippen molar-refractivity contribution in [2.45, 2.75) is 13.1 Å². The standard InChI is InChI=1S/C11H7BrF3NO/c1-5-7(12)3-2-6-8(17)4-9(11(13,14)15)16-10(5)6/h2-4H,1H3,(H,16,17). The minimum absolute atomic E-state index is 0.208. The van der Waals surface area contributed by atoms with E-state index in [-0.39, 0.29) is 10.9 Å². The quantitative estimate of drug-likeness (QED) is 0.792. The molecular formula is C11H7BrF3NO. The van der Waals surface area contributed by atoms with E-state index >= 15 is 0 Å². The molecule has 2 rings (SSSR count). The first-order chi connectivity index (χ1) is 7.80. The van der Waals surface area contributed by atoms with E-state index in [1.165, 1.54) is 6.07 Å². The lowest BCUT2D eigenvalue weighted by atomic mass is 10.1. The van der Waals surface area contributed by atoms with Crippen LogP contribution in [0.4, 0.5) is 13.2 Å². The molecule has 1 N–H and O–H groups in total. The summed E-state index contributed by atoms with van der Waals surface area (Å²) in [7, 11) is 0. The number of rotatable bonds is 0. The lowest BCUT2D eigenvalue weighted by Gasteiger charge is -2.10. The first kappa shape index (κ1) is 12.2. The fraction of sp³-hybridized carbons (Fsp3) is 0.182. The molecule has 0 bridgehead atoms. The molecule has 17 heavy (non-hydrogen) atoms. The number of H-pyrrole nitrogens is 1. The number of aromatic amines is 1. The second-order valence-electron chi connectivity index (χ2n) is 3.64. The van der Waals surface area contributed by atoms with Crippen LogP contribution in [0.3, 0.4) is 0 Å². The number of aromatic nitrogens is 1. The van der Waals surface area contributed by atoms with Gasteiger partial charge >= 0.3 is 6.18 Å². The fourth-order valence-corrected chi connectivity index (χ4v) is 1.92. The molecule has 0 atom stereocenters. The molecule has 2 nitrogen and oxygen atoms in total. The molecular weight excluding hydrogens is 299 g/mol. The van der Waals surface area contributed by atoms with Gasteiger partial charge in [0.15, 0.2) is 5.43 Å². The Morgan fingerprint density at radius 1 is 1.29 bits per heavy atom. The molecule has 0 spiro atoms. The Kier molecular flexibility index (Phi) is 2.77. The van der Waals surface area contributed by atoms with Crippen molar-refractivity contribution in [1.82, 2.24) is 4.98 Å². The van der Waals surface area contributed by atoms with E-state index in [1.54, 1.807) is 13.0 Å². The van der Waals surface area contributed by atoms with Crippen molar-refractivity contribution < 1.29 is 13.2 Å². The Bertz CT molecular complexity index is 645. The summed E-state index contributed by atoms with van der Waals surface area (Å²) >= 11 is 3.21. The highest BCUT2D eigenvalue weighted by atomic mass is 79.9. The average molecular weight is 306 g/mol. The first-order valence-corrected chi connectivity index (χ1v) is 5.49. The van der Waals surface area contributed by atoms with Gasteiger partial charge in [0.25, 0.3) is 0 Å². The van der Waals surface area contributed by atoms with Crippen LogP contribution in [-0.2, 0) is 6.18 Å². The lowest BCUT2D eigenvalue weighted by molar-refractivity contribution is -0.141. The third kappa shape index (κ3) is 2.09. The minimum Gasteiger partial charge on any atom is -0.351 e. The van der Waals surface area contributed by atoms with Crippen molar-refractivity contribution >= 4 is 26.8 Å². The van der Waals surface area contributed by atoms with E-state index in [0.29, 0.717) is 16.1 Å². The van der Waals surface area contributed by atoms with Gasteiger partial charge in [0.1, 0.15) is 5.69 Å². The van der Waals surface area contributed by atoms with Gasteiger partial charge in [-0.1, -0.05) is 15.9 Å². The Morgan fingerprint density at radius 2 is 1.94 bits per heavy atom. The molecule has 6 heteroatoms. The zero-order valence-electron chi connectivity index (χ0n) is 8.65. The molecule has 0 unspecified atom stereocenters. The van der Waals surface area contributed by atoms with Crippen LogP contribution >= 0.6 is 15.9 Å². The number of hydrogen-bond acceptors (Lipinski definition) is 1. The van der Waals surface area contributed by atoms with E-state index in [0.717, 1.165) is 0 Å². The van der Waals surface area contributed by atoms with Gasteiger partial charge < -0.3 is 4.98 Å². The molecule has 0 amide bonds. The molecule has 0 aliphatic heterocycles. The largest absolute Gasteiger partial charge is 0.431 e. The summed E-state index contributed by atoms with van der Waals surface area (Å²) in [5.74, 6) is 0. The van der Waals surface area contributed by atoms with Gasteiger partial charge in [0, 0.05) is 15.9 Å². The molecule has 2 aromatic rings. The van der Waals surface area contributed by atoms with E-state index in [1.807, 2.05) is 0 Å². The number of pyridine rings is 1. The van der Waals surface area contributed by atoms with Gasteiger partial charge in [-0.25, -0.2) is 0 Å². The fourth-order valence-electron chi connectivity index (χ4n) is 1.58. The first-order valence-electron chi connectivity index (χ1n) is 4.70. The van der Waals surface area contributed by atoms with Gasteiger partial charge in [0.05, 0.1) is 5.52 Å². The van der Waals surface area contributed by atoms with Crippen LogP contribution in [0.15, 0.2) is 27.5 Å². The highest BCUT2D eigenvalue weighted by Gasteiger charge is 2.32. The van der Waals surface area contributed by atoms with Crippen LogP contribution in [0, 0.1) is 6.92 Å². The number of aryl methyl sites for hydroxylation is 1. The van der Waals surface area contributed by atoms with Gasteiger partial charge in [-0.3, -0.25) is 4.79 Å². The van der Waals surface area contributed by atoms with Crippen molar-refractivity contribution in [2.75, 3.05) is 0 Å².